The van der Waals surface area contributed by atoms with Gasteiger partial charge in [0.15, 0.2) is 0 Å². The minimum atomic E-state index is -0.570. The highest BCUT2D eigenvalue weighted by Gasteiger charge is 2.40. The molecule has 1 amide bonds. The standard InChI is InChI=1S/C44H52N2O6/c1-27-23-31(37-25-33(50-10)20-22-36(37)40(47)46(26-43(4,5)6)38-16-11-13-28(2)45-38)19-21-35(27)42(49)51-34-15-12-14-32(24-34)39(30-17-18-30)29(3)41(48)52-44(7,8)9/h11-16,19-25,29-30,39H,17-18,26H2,1-10H3/t29-,39-/m0/s1. The number of ether oxygens (including phenoxy) is 3. The number of amides is 1. The first-order valence-electron chi connectivity index (χ1n) is 18.0. The number of nitrogens with zero attached hydrogens (tertiary/aromatic N) is 2. The van der Waals surface area contributed by atoms with Crippen LogP contribution < -0.4 is 14.4 Å². The van der Waals surface area contributed by atoms with Gasteiger partial charge < -0.3 is 14.2 Å². The van der Waals surface area contributed by atoms with Crippen molar-refractivity contribution in [2.75, 3.05) is 18.6 Å². The third-order valence-electron chi connectivity index (χ3n) is 9.14. The molecule has 0 aliphatic heterocycles. The number of methoxy groups -OCH3 is 1. The maximum atomic E-state index is 14.4. The number of aryl methyl sites for hydroxylation is 2. The van der Waals surface area contributed by atoms with Crippen LogP contribution in [0.15, 0.2) is 78.9 Å². The third kappa shape index (κ3) is 9.46. The summed E-state index contributed by atoms with van der Waals surface area (Å²) in [6, 6.07) is 24.0. The van der Waals surface area contributed by atoms with E-state index < -0.39 is 11.6 Å². The van der Waals surface area contributed by atoms with Crippen LogP contribution in [-0.4, -0.2) is 42.1 Å². The molecule has 0 spiro atoms. The molecule has 1 heterocycles. The average Bonchev–Trinajstić information content (AvgIpc) is 3.91. The van der Waals surface area contributed by atoms with E-state index in [1.165, 1.54) is 0 Å². The van der Waals surface area contributed by atoms with Crippen molar-refractivity contribution in [2.45, 2.75) is 86.7 Å². The largest absolute Gasteiger partial charge is 0.497 e. The fourth-order valence-corrected chi connectivity index (χ4v) is 6.60. The van der Waals surface area contributed by atoms with Crippen molar-refractivity contribution in [1.82, 2.24) is 4.98 Å². The SMILES string of the molecule is COc1ccc(C(=O)N(CC(C)(C)C)c2cccc(C)n2)c(-c2ccc(C(=O)Oc3cccc([C@H](C4CC4)[C@H](C)C(=O)OC(C)(C)C)c3)c(C)c2)c1. The maximum Gasteiger partial charge on any atom is 0.343 e. The number of rotatable bonds is 11. The number of hydrogen-bond acceptors (Lipinski definition) is 7. The van der Waals surface area contributed by atoms with Gasteiger partial charge in [-0.05, 0) is 135 Å². The van der Waals surface area contributed by atoms with E-state index in [0.717, 1.165) is 29.7 Å². The first-order chi connectivity index (χ1) is 24.4. The Hall–Kier alpha value is -4.98. The number of hydrogen-bond donors (Lipinski definition) is 0. The summed E-state index contributed by atoms with van der Waals surface area (Å²) in [6.45, 7) is 18.0. The number of pyridine rings is 1. The van der Waals surface area contributed by atoms with Crippen LogP contribution in [-0.2, 0) is 9.53 Å². The van der Waals surface area contributed by atoms with E-state index in [9.17, 15) is 14.4 Å². The fourth-order valence-electron chi connectivity index (χ4n) is 6.60. The molecule has 0 bridgehead atoms. The van der Waals surface area contributed by atoms with Gasteiger partial charge in [-0.2, -0.15) is 0 Å². The second-order valence-electron chi connectivity index (χ2n) is 16.2. The Labute approximate surface area is 308 Å². The Morgan fingerprint density at radius 3 is 2.15 bits per heavy atom. The van der Waals surface area contributed by atoms with Crippen molar-refractivity contribution in [2.24, 2.45) is 17.3 Å². The van der Waals surface area contributed by atoms with E-state index >= 15 is 0 Å². The maximum absolute atomic E-state index is 14.4. The van der Waals surface area contributed by atoms with Crippen LogP contribution in [0, 0.1) is 31.1 Å². The summed E-state index contributed by atoms with van der Waals surface area (Å²) in [5, 5.41) is 0. The van der Waals surface area contributed by atoms with Crippen LogP contribution in [0.4, 0.5) is 5.82 Å². The number of benzene rings is 3. The van der Waals surface area contributed by atoms with Gasteiger partial charge >= 0.3 is 11.9 Å². The van der Waals surface area contributed by atoms with Crippen molar-refractivity contribution >= 4 is 23.7 Å². The lowest BCUT2D eigenvalue weighted by atomic mass is 9.83. The number of carbonyl (C=O) groups is 3. The zero-order valence-corrected chi connectivity index (χ0v) is 32.2. The highest BCUT2D eigenvalue weighted by atomic mass is 16.6. The quantitative estimate of drug-likeness (QED) is 0.113. The third-order valence-corrected chi connectivity index (χ3v) is 9.14. The van der Waals surface area contributed by atoms with Gasteiger partial charge in [0, 0.05) is 17.8 Å². The Kier molecular flexibility index (Phi) is 11.3. The first-order valence-corrected chi connectivity index (χ1v) is 18.0. The Balaban J connectivity index is 1.42. The van der Waals surface area contributed by atoms with Gasteiger partial charge in [0.1, 0.15) is 22.9 Å². The lowest BCUT2D eigenvalue weighted by Gasteiger charge is -2.30. The van der Waals surface area contributed by atoms with Crippen molar-refractivity contribution in [3.63, 3.8) is 0 Å². The predicted molar refractivity (Wildman–Crippen MR) is 205 cm³/mol. The molecule has 8 nitrogen and oxygen atoms in total. The van der Waals surface area contributed by atoms with Crippen molar-refractivity contribution < 1.29 is 28.6 Å². The minimum Gasteiger partial charge on any atom is -0.497 e. The van der Waals surface area contributed by atoms with E-state index in [1.54, 1.807) is 36.3 Å². The number of esters is 2. The smallest absolute Gasteiger partial charge is 0.343 e. The summed E-state index contributed by atoms with van der Waals surface area (Å²) < 4.78 is 17.2. The van der Waals surface area contributed by atoms with Crippen LogP contribution in [0.5, 0.6) is 11.5 Å². The van der Waals surface area contributed by atoms with Gasteiger partial charge in [-0.25, -0.2) is 9.78 Å². The van der Waals surface area contributed by atoms with Gasteiger partial charge in [-0.1, -0.05) is 58.0 Å². The van der Waals surface area contributed by atoms with Gasteiger partial charge in [0.05, 0.1) is 18.6 Å². The molecule has 1 aliphatic carbocycles. The van der Waals surface area contributed by atoms with Crippen molar-refractivity contribution in [1.29, 1.82) is 0 Å². The Bertz CT molecular complexity index is 1950. The van der Waals surface area contributed by atoms with Crippen LogP contribution in [0.25, 0.3) is 11.1 Å². The lowest BCUT2D eigenvalue weighted by molar-refractivity contribution is -0.160. The predicted octanol–water partition coefficient (Wildman–Crippen LogP) is 9.76. The molecule has 3 aromatic carbocycles. The van der Waals surface area contributed by atoms with E-state index in [1.807, 2.05) is 96.1 Å². The molecule has 1 aromatic heterocycles. The normalized spacial score (nSPS) is 14.3. The summed E-state index contributed by atoms with van der Waals surface area (Å²) >= 11 is 0. The second-order valence-corrected chi connectivity index (χ2v) is 16.2. The summed E-state index contributed by atoms with van der Waals surface area (Å²) in [6.07, 6.45) is 2.09. The Morgan fingerprint density at radius 2 is 1.54 bits per heavy atom. The van der Waals surface area contributed by atoms with E-state index in [0.29, 0.717) is 52.0 Å². The average molecular weight is 705 g/mol. The minimum absolute atomic E-state index is 0.0321. The first kappa shape index (κ1) is 38.3. The fraction of sp³-hybridized carbons (Fsp3) is 0.409. The summed E-state index contributed by atoms with van der Waals surface area (Å²) in [4.78, 5) is 47.5. The van der Waals surface area contributed by atoms with Crippen LogP contribution in [0.3, 0.4) is 0 Å². The lowest BCUT2D eigenvalue weighted by Crippen LogP contribution is -2.38. The molecule has 274 valence electrons. The number of carbonyl (C=O) groups excluding carboxylic acids is 3. The molecule has 4 aromatic rings. The molecule has 8 heteroatoms. The molecular formula is C44H52N2O6. The van der Waals surface area contributed by atoms with E-state index in [2.05, 4.69) is 25.8 Å². The highest BCUT2D eigenvalue weighted by molar-refractivity contribution is 6.10. The highest BCUT2D eigenvalue weighted by Crippen LogP contribution is 2.47. The van der Waals surface area contributed by atoms with Gasteiger partial charge in [-0.3, -0.25) is 14.5 Å². The number of anilines is 1. The summed E-state index contributed by atoms with van der Waals surface area (Å²) in [5.74, 6) is 0.715. The van der Waals surface area contributed by atoms with Crippen molar-refractivity contribution in [3.05, 3.63) is 107 Å². The molecular weight excluding hydrogens is 652 g/mol. The van der Waals surface area contributed by atoms with Crippen LogP contribution in [0.2, 0.25) is 0 Å². The molecule has 1 fully saturated rings. The molecule has 0 N–H and O–H groups in total. The van der Waals surface area contributed by atoms with Gasteiger partial charge in [-0.15, -0.1) is 0 Å². The molecule has 52 heavy (non-hydrogen) atoms. The number of aromatic nitrogens is 1. The van der Waals surface area contributed by atoms with Crippen LogP contribution >= 0.6 is 0 Å². The van der Waals surface area contributed by atoms with Gasteiger partial charge in [0.2, 0.25) is 0 Å². The summed E-state index contributed by atoms with van der Waals surface area (Å²) in [7, 11) is 1.59. The molecule has 0 saturated heterocycles. The molecule has 0 radical (unpaired) electrons. The van der Waals surface area contributed by atoms with E-state index in [4.69, 9.17) is 14.2 Å². The van der Waals surface area contributed by atoms with E-state index in [-0.39, 0.29) is 29.1 Å². The zero-order valence-electron chi connectivity index (χ0n) is 32.2. The molecule has 1 aliphatic rings. The molecule has 5 rings (SSSR count). The monoisotopic (exact) mass is 704 g/mol. The molecule has 1 saturated carbocycles. The topological polar surface area (TPSA) is 95.0 Å². The second kappa shape index (κ2) is 15.3. The zero-order chi connectivity index (χ0) is 38.0. The van der Waals surface area contributed by atoms with Gasteiger partial charge in [0.25, 0.3) is 5.91 Å². The Morgan fingerprint density at radius 1 is 0.846 bits per heavy atom. The van der Waals surface area contributed by atoms with Crippen LogP contribution in [0.1, 0.15) is 105 Å². The van der Waals surface area contributed by atoms with Crippen molar-refractivity contribution in [3.8, 4) is 22.6 Å². The summed E-state index contributed by atoms with van der Waals surface area (Å²) in [5.41, 5.74) is 4.04. The molecule has 0 unspecified atom stereocenters. The molecule has 2 atom stereocenters.